The minimum absolute atomic E-state index is 0.0446. The molecule has 1 aliphatic heterocycles. The van der Waals surface area contributed by atoms with E-state index in [1.807, 2.05) is 48.5 Å². The summed E-state index contributed by atoms with van der Waals surface area (Å²) in [4.78, 5) is 14.5. The van der Waals surface area contributed by atoms with E-state index in [0.717, 1.165) is 48.0 Å². The molecule has 1 saturated heterocycles. The molecular weight excluding hydrogens is 350 g/mol. The molecule has 2 N–H and O–H groups in total. The van der Waals surface area contributed by atoms with E-state index < -0.39 is 0 Å². The normalized spacial score (nSPS) is 14.3. The summed E-state index contributed by atoms with van der Waals surface area (Å²) in [5, 5.41) is 6.93. The molecule has 6 heteroatoms. The highest BCUT2D eigenvalue weighted by Crippen LogP contribution is 2.26. The summed E-state index contributed by atoms with van der Waals surface area (Å²) in [6.07, 6.45) is 0.832. The van der Waals surface area contributed by atoms with Crippen LogP contribution in [-0.2, 0) is 16.0 Å². The smallest absolute Gasteiger partial charge is 0.238 e. The molecular formula is C20H24ClN3O2. The highest BCUT2D eigenvalue weighted by molar-refractivity contribution is 6.30. The van der Waals surface area contributed by atoms with E-state index in [2.05, 4.69) is 15.5 Å². The maximum absolute atomic E-state index is 12.3. The molecule has 0 aromatic heterocycles. The van der Waals surface area contributed by atoms with Crippen molar-refractivity contribution in [2.45, 2.75) is 6.42 Å². The zero-order valence-corrected chi connectivity index (χ0v) is 15.5. The first-order valence-electron chi connectivity index (χ1n) is 8.89. The molecule has 3 rings (SSSR count). The third-order valence-corrected chi connectivity index (χ3v) is 4.53. The van der Waals surface area contributed by atoms with Crippen LogP contribution in [0.3, 0.4) is 0 Å². The van der Waals surface area contributed by atoms with Gasteiger partial charge in [-0.2, -0.15) is 0 Å². The van der Waals surface area contributed by atoms with Crippen molar-refractivity contribution in [3.05, 3.63) is 59.1 Å². The summed E-state index contributed by atoms with van der Waals surface area (Å²) in [6.45, 7) is 4.10. The summed E-state index contributed by atoms with van der Waals surface area (Å²) < 4.78 is 5.40. The lowest BCUT2D eigenvalue weighted by molar-refractivity contribution is -0.115. The molecule has 1 heterocycles. The Morgan fingerprint density at radius 3 is 2.73 bits per heavy atom. The summed E-state index contributed by atoms with van der Waals surface area (Å²) in [7, 11) is 0. The van der Waals surface area contributed by atoms with Crippen molar-refractivity contribution in [3.63, 3.8) is 0 Å². The van der Waals surface area contributed by atoms with Crippen LogP contribution >= 0.6 is 11.6 Å². The number of nitrogens with one attached hydrogen (secondary N) is 2. The zero-order valence-electron chi connectivity index (χ0n) is 14.7. The van der Waals surface area contributed by atoms with Gasteiger partial charge in [0.1, 0.15) is 0 Å². The fourth-order valence-corrected chi connectivity index (χ4v) is 3.19. The van der Waals surface area contributed by atoms with Crippen LogP contribution in [0.15, 0.2) is 48.5 Å². The van der Waals surface area contributed by atoms with E-state index >= 15 is 0 Å². The second-order valence-corrected chi connectivity index (χ2v) is 6.66. The Kier molecular flexibility index (Phi) is 6.89. The standard InChI is InChI=1S/C20H24ClN3O2/c21-17-5-3-4-16(14-17)8-9-22-15-20(25)23-18-6-1-2-7-19(18)24-10-12-26-13-11-24/h1-7,14,22H,8-13,15H2,(H,23,25). The molecule has 0 saturated carbocycles. The van der Waals surface area contributed by atoms with Crippen LogP contribution in [0, 0.1) is 0 Å². The fraction of sp³-hybridized carbons (Fsp3) is 0.350. The molecule has 2 aromatic rings. The summed E-state index contributed by atoms with van der Waals surface area (Å²) in [6, 6.07) is 15.7. The Bertz CT molecular complexity index is 733. The number of nitrogens with zero attached hydrogens (tertiary/aromatic N) is 1. The minimum atomic E-state index is -0.0446. The van der Waals surface area contributed by atoms with Crippen LogP contribution in [0.4, 0.5) is 11.4 Å². The fourth-order valence-electron chi connectivity index (χ4n) is 2.98. The van der Waals surface area contributed by atoms with Crippen LogP contribution in [0.25, 0.3) is 0 Å². The van der Waals surface area contributed by atoms with Crippen molar-refractivity contribution in [3.8, 4) is 0 Å². The molecule has 26 heavy (non-hydrogen) atoms. The van der Waals surface area contributed by atoms with Gasteiger partial charge >= 0.3 is 0 Å². The van der Waals surface area contributed by atoms with E-state index in [1.165, 1.54) is 0 Å². The highest BCUT2D eigenvalue weighted by atomic mass is 35.5. The van der Waals surface area contributed by atoms with Crippen molar-refractivity contribution >= 4 is 28.9 Å². The van der Waals surface area contributed by atoms with Crippen LogP contribution in [0.2, 0.25) is 5.02 Å². The largest absolute Gasteiger partial charge is 0.378 e. The minimum Gasteiger partial charge on any atom is -0.378 e. The van der Waals surface area contributed by atoms with Gasteiger partial charge in [0.2, 0.25) is 5.91 Å². The Hall–Kier alpha value is -2.08. The first-order valence-corrected chi connectivity index (χ1v) is 9.27. The summed E-state index contributed by atoms with van der Waals surface area (Å²) >= 11 is 5.98. The Morgan fingerprint density at radius 2 is 1.92 bits per heavy atom. The van der Waals surface area contributed by atoms with Crippen molar-refractivity contribution in [2.24, 2.45) is 0 Å². The second-order valence-electron chi connectivity index (χ2n) is 6.22. The summed E-state index contributed by atoms with van der Waals surface area (Å²) in [5.41, 5.74) is 3.04. The number of hydrogen-bond acceptors (Lipinski definition) is 4. The maximum atomic E-state index is 12.3. The molecule has 0 aliphatic carbocycles. The molecule has 5 nitrogen and oxygen atoms in total. The van der Waals surface area contributed by atoms with Crippen molar-refractivity contribution < 1.29 is 9.53 Å². The number of ether oxygens (including phenoxy) is 1. The molecule has 0 radical (unpaired) electrons. The monoisotopic (exact) mass is 373 g/mol. The van der Waals surface area contributed by atoms with Gasteiger partial charge in [0.15, 0.2) is 0 Å². The van der Waals surface area contributed by atoms with Crippen LogP contribution < -0.4 is 15.5 Å². The molecule has 0 unspecified atom stereocenters. The lowest BCUT2D eigenvalue weighted by Crippen LogP contribution is -2.37. The van der Waals surface area contributed by atoms with Gasteiger partial charge in [-0.15, -0.1) is 0 Å². The van der Waals surface area contributed by atoms with Gasteiger partial charge in [0.05, 0.1) is 31.1 Å². The number of para-hydroxylation sites is 2. The number of hydrogen-bond donors (Lipinski definition) is 2. The average Bonchev–Trinajstić information content (AvgIpc) is 2.66. The quantitative estimate of drug-likeness (QED) is 0.733. The SMILES string of the molecule is O=C(CNCCc1cccc(Cl)c1)Nc1ccccc1N1CCOCC1. The maximum Gasteiger partial charge on any atom is 0.238 e. The van der Waals surface area contributed by atoms with E-state index in [-0.39, 0.29) is 12.5 Å². The first-order chi connectivity index (χ1) is 12.7. The van der Waals surface area contributed by atoms with Gasteiger partial charge in [-0.25, -0.2) is 0 Å². The molecule has 1 fully saturated rings. The molecule has 2 aromatic carbocycles. The molecule has 1 amide bonds. The molecule has 1 aliphatic rings. The van der Waals surface area contributed by atoms with Gasteiger partial charge in [0, 0.05) is 18.1 Å². The third kappa shape index (κ3) is 5.46. The van der Waals surface area contributed by atoms with E-state index in [9.17, 15) is 4.79 Å². The topological polar surface area (TPSA) is 53.6 Å². The highest BCUT2D eigenvalue weighted by Gasteiger charge is 2.15. The number of anilines is 2. The van der Waals surface area contributed by atoms with E-state index in [4.69, 9.17) is 16.3 Å². The number of rotatable bonds is 7. The average molecular weight is 374 g/mol. The number of amides is 1. The van der Waals surface area contributed by atoms with Crippen molar-refractivity contribution in [2.75, 3.05) is 49.6 Å². The predicted octanol–water partition coefficient (Wildman–Crippen LogP) is 2.95. The Balaban J connectivity index is 1.47. The zero-order chi connectivity index (χ0) is 18.2. The lowest BCUT2D eigenvalue weighted by atomic mass is 10.1. The van der Waals surface area contributed by atoms with Gasteiger partial charge in [-0.05, 0) is 42.8 Å². The van der Waals surface area contributed by atoms with Gasteiger partial charge in [0.25, 0.3) is 0 Å². The molecule has 0 spiro atoms. The van der Waals surface area contributed by atoms with Crippen molar-refractivity contribution in [1.82, 2.24) is 5.32 Å². The number of halogens is 1. The van der Waals surface area contributed by atoms with Crippen molar-refractivity contribution in [1.29, 1.82) is 0 Å². The number of carbonyl (C=O) groups excluding carboxylic acids is 1. The van der Waals surface area contributed by atoms with Crippen LogP contribution in [-0.4, -0.2) is 45.3 Å². The number of benzene rings is 2. The second kappa shape index (κ2) is 9.57. The van der Waals surface area contributed by atoms with Crippen LogP contribution in [0.1, 0.15) is 5.56 Å². The Morgan fingerprint density at radius 1 is 1.12 bits per heavy atom. The Labute approximate surface area is 159 Å². The van der Waals surface area contributed by atoms with Gasteiger partial charge in [-0.1, -0.05) is 35.9 Å². The molecule has 138 valence electrons. The third-order valence-electron chi connectivity index (χ3n) is 4.29. The number of morpholine rings is 1. The lowest BCUT2D eigenvalue weighted by Gasteiger charge is -2.30. The van der Waals surface area contributed by atoms with E-state index in [1.54, 1.807) is 0 Å². The van der Waals surface area contributed by atoms with Gasteiger partial charge < -0.3 is 20.3 Å². The van der Waals surface area contributed by atoms with E-state index in [0.29, 0.717) is 13.2 Å². The van der Waals surface area contributed by atoms with Gasteiger partial charge in [-0.3, -0.25) is 4.79 Å². The first kappa shape index (κ1) is 18.7. The molecule has 0 atom stereocenters. The molecule has 0 bridgehead atoms. The number of carbonyl (C=O) groups is 1. The summed E-state index contributed by atoms with van der Waals surface area (Å²) in [5.74, 6) is -0.0446. The van der Waals surface area contributed by atoms with Crippen LogP contribution in [0.5, 0.6) is 0 Å². The predicted molar refractivity (Wildman–Crippen MR) is 106 cm³/mol.